The van der Waals surface area contributed by atoms with Gasteiger partial charge in [0, 0.05) is 0 Å². The summed E-state index contributed by atoms with van der Waals surface area (Å²) in [5.74, 6) is 1.38. The van der Waals surface area contributed by atoms with E-state index in [0.717, 1.165) is 25.0 Å². The van der Waals surface area contributed by atoms with Gasteiger partial charge in [-0.05, 0) is 54.5 Å². The van der Waals surface area contributed by atoms with Gasteiger partial charge in [-0.15, -0.1) is 0 Å². The maximum atomic E-state index is 6.00. The molecule has 1 unspecified atom stereocenters. The molecule has 0 aliphatic carbocycles. The number of rotatable bonds is 7. The number of hydrogen-bond acceptors (Lipinski definition) is 2. The molecule has 0 saturated carbocycles. The minimum atomic E-state index is 0.404. The summed E-state index contributed by atoms with van der Waals surface area (Å²) in [5, 5.41) is 0. The van der Waals surface area contributed by atoms with Gasteiger partial charge in [0.25, 0.3) is 0 Å². The molecule has 1 atom stereocenters. The highest BCUT2D eigenvalue weighted by atomic mass is 16.5. The fraction of sp³-hybridized carbons (Fsp3) is 0.368. The minimum absolute atomic E-state index is 0.404. The van der Waals surface area contributed by atoms with Gasteiger partial charge < -0.3 is 10.5 Å². The van der Waals surface area contributed by atoms with E-state index >= 15 is 0 Å². The molecule has 21 heavy (non-hydrogen) atoms. The van der Waals surface area contributed by atoms with Gasteiger partial charge in [-0.25, -0.2) is 0 Å². The molecule has 2 heteroatoms. The van der Waals surface area contributed by atoms with Gasteiger partial charge in [-0.2, -0.15) is 0 Å². The first-order valence-corrected chi connectivity index (χ1v) is 7.69. The summed E-state index contributed by atoms with van der Waals surface area (Å²) < 4.78 is 5.40. The van der Waals surface area contributed by atoms with E-state index in [1.807, 2.05) is 0 Å². The summed E-state index contributed by atoms with van der Waals surface area (Å²) in [5.41, 5.74) is 9.96. The number of methoxy groups -OCH3 is 1. The fourth-order valence-electron chi connectivity index (χ4n) is 2.73. The van der Waals surface area contributed by atoms with E-state index < -0.39 is 0 Å². The topological polar surface area (TPSA) is 35.2 Å². The van der Waals surface area contributed by atoms with Crippen LogP contribution in [0.1, 0.15) is 36.0 Å². The maximum absolute atomic E-state index is 6.00. The quantitative estimate of drug-likeness (QED) is 0.835. The number of hydrogen-bond donors (Lipinski definition) is 1. The van der Waals surface area contributed by atoms with Gasteiger partial charge in [0.1, 0.15) is 5.75 Å². The first kappa shape index (κ1) is 15.6. The van der Waals surface area contributed by atoms with E-state index in [1.165, 1.54) is 16.7 Å². The molecule has 0 aromatic heterocycles. The first-order chi connectivity index (χ1) is 10.3. The molecule has 0 amide bonds. The van der Waals surface area contributed by atoms with E-state index in [1.54, 1.807) is 7.11 Å². The molecule has 2 aromatic rings. The van der Waals surface area contributed by atoms with Crippen molar-refractivity contribution in [2.75, 3.05) is 13.7 Å². The van der Waals surface area contributed by atoms with Crippen LogP contribution in [0.25, 0.3) is 0 Å². The molecule has 0 heterocycles. The van der Waals surface area contributed by atoms with Crippen LogP contribution in [-0.4, -0.2) is 13.7 Å². The van der Waals surface area contributed by atoms with Crippen molar-refractivity contribution < 1.29 is 4.74 Å². The average molecular weight is 283 g/mol. The minimum Gasteiger partial charge on any atom is -0.496 e. The molecule has 2 aromatic carbocycles. The van der Waals surface area contributed by atoms with E-state index in [-0.39, 0.29) is 0 Å². The van der Waals surface area contributed by atoms with Crippen molar-refractivity contribution in [3.8, 4) is 5.75 Å². The molecule has 112 valence electrons. The van der Waals surface area contributed by atoms with E-state index in [9.17, 15) is 0 Å². The van der Waals surface area contributed by atoms with Crippen molar-refractivity contribution in [2.45, 2.75) is 32.1 Å². The van der Waals surface area contributed by atoms with Gasteiger partial charge in [-0.1, -0.05) is 49.4 Å². The van der Waals surface area contributed by atoms with Crippen molar-refractivity contribution in [1.29, 1.82) is 0 Å². The number of nitrogens with two attached hydrogens (primary N) is 1. The highest BCUT2D eigenvalue weighted by Crippen LogP contribution is 2.27. The van der Waals surface area contributed by atoms with Crippen molar-refractivity contribution >= 4 is 0 Å². The van der Waals surface area contributed by atoms with Crippen molar-refractivity contribution in [3.05, 3.63) is 65.2 Å². The molecule has 0 radical (unpaired) electrons. The summed E-state index contributed by atoms with van der Waals surface area (Å²) in [4.78, 5) is 0. The molecule has 0 spiro atoms. The molecule has 0 bridgehead atoms. The van der Waals surface area contributed by atoms with Crippen LogP contribution in [0.5, 0.6) is 5.75 Å². The Labute approximate surface area is 127 Å². The Bertz CT molecular complexity index is 551. The second kappa shape index (κ2) is 7.84. The second-order valence-electron chi connectivity index (χ2n) is 5.38. The Morgan fingerprint density at radius 3 is 2.48 bits per heavy atom. The van der Waals surface area contributed by atoms with E-state index in [4.69, 9.17) is 10.5 Å². The second-order valence-corrected chi connectivity index (χ2v) is 5.38. The Morgan fingerprint density at radius 2 is 1.86 bits per heavy atom. The third kappa shape index (κ3) is 4.08. The van der Waals surface area contributed by atoms with Crippen LogP contribution in [0.15, 0.2) is 48.5 Å². The van der Waals surface area contributed by atoms with Crippen LogP contribution in [0.4, 0.5) is 0 Å². The Balaban J connectivity index is 2.10. The largest absolute Gasteiger partial charge is 0.496 e. The summed E-state index contributed by atoms with van der Waals surface area (Å²) in [6.45, 7) is 2.84. The first-order valence-electron chi connectivity index (χ1n) is 7.69. The zero-order valence-corrected chi connectivity index (χ0v) is 13.0. The number of aryl methyl sites for hydroxylation is 2. The molecule has 0 saturated heterocycles. The maximum Gasteiger partial charge on any atom is 0.122 e. The lowest BCUT2D eigenvalue weighted by atomic mass is 9.91. The normalized spacial score (nSPS) is 12.1. The summed E-state index contributed by atoms with van der Waals surface area (Å²) in [6, 6.07) is 17.1. The highest BCUT2D eigenvalue weighted by molar-refractivity contribution is 5.38. The lowest BCUT2D eigenvalue weighted by Crippen LogP contribution is -2.14. The molecule has 0 aliphatic rings. The molecule has 0 aliphatic heterocycles. The Hall–Kier alpha value is -1.80. The number of ether oxygens (including phenoxy) is 1. The standard InChI is InChI=1S/C19H25NO/c1-3-16-13-17(11-12-19(16)21-2)18(14-20)10-9-15-7-5-4-6-8-15/h4-8,11-13,18H,3,9-10,14,20H2,1-2H3. The average Bonchev–Trinajstić information content (AvgIpc) is 2.56. The smallest absolute Gasteiger partial charge is 0.122 e. The molecule has 2 N–H and O–H groups in total. The SMILES string of the molecule is CCc1cc(C(CN)CCc2ccccc2)ccc1OC. The van der Waals surface area contributed by atoms with Gasteiger partial charge in [0.2, 0.25) is 0 Å². The Morgan fingerprint density at radius 1 is 1.10 bits per heavy atom. The van der Waals surface area contributed by atoms with Crippen LogP contribution in [0, 0.1) is 0 Å². The third-order valence-electron chi connectivity index (χ3n) is 4.07. The monoisotopic (exact) mass is 283 g/mol. The summed E-state index contributed by atoms with van der Waals surface area (Å²) in [7, 11) is 1.73. The van der Waals surface area contributed by atoms with Gasteiger partial charge in [0.05, 0.1) is 7.11 Å². The van der Waals surface area contributed by atoms with Crippen molar-refractivity contribution in [1.82, 2.24) is 0 Å². The lowest BCUT2D eigenvalue weighted by molar-refractivity contribution is 0.409. The molecular formula is C19H25NO. The van der Waals surface area contributed by atoms with E-state index in [2.05, 4.69) is 55.5 Å². The summed E-state index contributed by atoms with van der Waals surface area (Å²) >= 11 is 0. The van der Waals surface area contributed by atoms with Crippen molar-refractivity contribution in [3.63, 3.8) is 0 Å². The fourth-order valence-corrected chi connectivity index (χ4v) is 2.73. The van der Waals surface area contributed by atoms with Gasteiger partial charge in [0.15, 0.2) is 0 Å². The zero-order chi connectivity index (χ0) is 15.1. The van der Waals surface area contributed by atoms with Gasteiger partial charge in [-0.3, -0.25) is 0 Å². The van der Waals surface area contributed by atoms with Crippen LogP contribution in [0.3, 0.4) is 0 Å². The molecule has 0 fully saturated rings. The Kier molecular flexibility index (Phi) is 5.82. The van der Waals surface area contributed by atoms with Crippen molar-refractivity contribution in [2.24, 2.45) is 5.73 Å². The zero-order valence-electron chi connectivity index (χ0n) is 13.0. The lowest BCUT2D eigenvalue weighted by Gasteiger charge is -2.17. The molecule has 2 nitrogen and oxygen atoms in total. The predicted molar refractivity (Wildman–Crippen MR) is 88.9 cm³/mol. The highest BCUT2D eigenvalue weighted by Gasteiger charge is 2.12. The summed E-state index contributed by atoms with van der Waals surface area (Å²) in [6.07, 6.45) is 3.12. The van der Waals surface area contributed by atoms with E-state index in [0.29, 0.717) is 12.5 Å². The van der Waals surface area contributed by atoms with Crippen LogP contribution >= 0.6 is 0 Å². The van der Waals surface area contributed by atoms with Crippen LogP contribution < -0.4 is 10.5 Å². The van der Waals surface area contributed by atoms with Crippen LogP contribution in [0.2, 0.25) is 0 Å². The third-order valence-corrected chi connectivity index (χ3v) is 4.07. The molecule has 2 rings (SSSR count). The van der Waals surface area contributed by atoms with Gasteiger partial charge >= 0.3 is 0 Å². The molecular weight excluding hydrogens is 258 g/mol. The predicted octanol–water partition coefficient (Wildman–Crippen LogP) is 3.93. The van der Waals surface area contributed by atoms with Crippen LogP contribution in [-0.2, 0) is 12.8 Å². The number of benzene rings is 2.